The van der Waals surface area contributed by atoms with E-state index in [2.05, 4.69) is 21.3 Å². The molecule has 1 aliphatic carbocycles. The number of aromatic nitrogens is 2. The third-order valence-electron chi connectivity index (χ3n) is 6.84. The van der Waals surface area contributed by atoms with Crippen molar-refractivity contribution in [3.05, 3.63) is 51.5 Å². The van der Waals surface area contributed by atoms with E-state index in [1.54, 1.807) is 25.6 Å². The summed E-state index contributed by atoms with van der Waals surface area (Å²) in [6, 6.07) is 8.02. The molecule has 1 N–H and O–H groups in total. The smallest absolute Gasteiger partial charge is 0.253 e. The van der Waals surface area contributed by atoms with Gasteiger partial charge in [0.05, 0.1) is 36.2 Å². The van der Waals surface area contributed by atoms with E-state index >= 15 is 0 Å². The number of thiazole rings is 1. The first-order valence-electron chi connectivity index (χ1n) is 12.1. The van der Waals surface area contributed by atoms with Crippen LogP contribution in [-0.2, 0) is 13.0 Å². The number of amides is 1. The van der Waals surface area contributed by atoms with Crippen molar-refractivity contribution in [1.29, 1.82) is 0 Å². The Hall–Kier alpha value is -2.80. The number of ether oxygens (including phenoxy) is 2. The van der Waals surface area contributed by atoms with Crippen LogP contribution in [-0.4, -0.2) is 36.2 Å². The molecular weight excluding hydrogens is 446 g/mol. The molecule has 1 aromatic carbocycles. The highest BCUT2D eigenvalue weighted by Crippen LogP contribution is 2.30. The van der Waals surface area contributed by atoms with Crippen LogP contribution in [0.15, 0.2) is 29.6 Å². The number of carbonyl (C=O) groups excluding carboxylic acids is 1. The Morgan fingerprint density at radius 2 is 1.88 bits per heavy atom. The molecule has 1 amide bonds. The largest absolute Gasteiger partial charge is 0.493 e. The monoisotopic (exact) mass is 481 g/mol. The van der Waals surface area contributed by atoms with Crippen LogP contribution in [0, 0.1) is 19.8 Å². The van der Waals surface area contributed by atoms with Gasteiger partial charge >= 0.3 is 0 Å². The molecule has 1 saturated carbocycles. The van der Waals surface area contributed by atoms with Gasteiger partial charge in [-0.2, -0.15) is 0 Å². The number of aryl methyl sites for hydroxylation is 2. The average molecular weight is 482 g/mol. The summed E-state index contributed by atoms with van der Waals surface area (Å²) < 4.78 is 13.1. The number of hydrogen-bond donors (Lipinski definition) is 1. The third kappa shape index (κ3) is 5.46. The molecule has 3 aromatic rings. The predicted octanol–water partition coefficient (Wildman–Crippen LogP) is 5.80. The average Bonchev–Trinajstić information content (AvgIpc) is 3.44. The van der Waals surface area contributed by atoms with Crippen LogP contribution in [0.1, 0.15) is 58.7 Å². The molecular formula is C27H35N3O3S. The van der Waals surface area contributed by atoms with Gasteiger partial charge in [-0.3, -0.25) is 4.79 Å². The van der Waals surface area contributed by atoms with Crippen LogP contribution in [0.5, 0.6) is 11.5 Å². The molecule has 34 heavy (non-hydrogen) atoms. The van der Waals surface area contributed by atoms with Gasteiger partial charge in [0, 0.05) is 24.2 Å². The lowest BCUT2D eigenvalue weighted by atomic mass is 9.89. The van der Waals surface area contributed by atoms with Gasteiger partial charge in [-0.1, -0.05) is 25.3 Å². The second-order valence-corrected chi connectivity index (χ2v) is 10.1. The first-order chi connectivity index (χ1) is 16.5. The Balaban J connectivity index is 1.56. The Labute approximate surface area is 206 Å². The van der Waals surface area contributed by atoms with E-state index in [1.807, 2.05) is 32.0 Å². The second-order valence-electron chi connectivity index (χ2n) is 9.09. The van der Waals surface area contributed by atoms with Gasteiger partial charge in [0.1, 0.15) is 0 Å². The number of carbonyl (C=O) groups is 1. The molecule has 1 aliphatic rings. The molecule has 0 unspecified atom stereocenters. The molecule has 1 fully saturated rings. The second kappa shape index (κ2) is 11.1. The summed E-state index contributed by atoms with van der Waals surface area (Å²) in [6.45, 7) is 5.55. The van der Waals surface area contributed by atoms with Crippen LogP contribution < -0.4 is 14.8 Å². The summed E-state index contributed by atoms with van der Waals surface area (Å²) in [7, 11) is 3.29. The summed E-state index contributed by atoms with van der Waals surface area (Å²) in [6.07, 6.45) is 7.11. The lowest BCUT2D eigenvalue weighted by molar-refractivity contribution is 0.0943. The van der Waals surface area contributed by atoms with Crippen molar-refractivity contribution >= 4 is 17.2 Å². The summed E-state index contributed by atoms with van der Waals surface area (Å²) in [5.74, 6) is 2.06. The molecule has 4 rings (SSSR count). The quantitative estimate of drug-likeness (QED) is 0.420. The molecule has 0 aliphatic heterocycles. The standard InChI is InChI=1S/C27H35N3O3S/c1-18-22(27(31)28-16-21-8-6-5-7-9-21)15-24(23-17-34-19(2)29-23)30(18)13-12-20-10-11-25(32-3)26(14-20)33-4/h10-11,14-15,17,21H,5-9,12-13,16H2,1-4H3,(H,28,31). The maximum atomic E-state index is 13.2. The fraction of sp³-hybridized carbons (Fsp3) is 0.481. The van der Waals surface area contributed by atoms with Crippen molar-refractivity contribution in [3.63, 3.8) is 0 Å². The zero-order chi connectivity index (χ0) is 24.1. The number of methoxy groups -OCH3 is 2. The molecule has 2 aromatic heterocycles. The minimum absolute atomic E-state index is 0.0149. The van der Waals surface area contributed by atoms with E-state index in [-0.39, 0.29) is 5.91 Å². The van der Waals surface area contributed by atoms with Crippen LogP contribution in [0.3, 0.4) is 0 Å². The maximum absolute atomic E-state index is 13.2. The van der Waals surface area contributed by atoms with E-state index in [4.69, 9.17) is 14.5 Å². The summed E-state index contributed by atoms with van der Waals surface area (Å²) in [5, 5.41) is 6.30. The van der Waals surface area contributed by atoms with Gasteiger partial charge in [-0.05, 0) is 62.8 Å². The normalized spacial score (nSPS) is 14.2. The zero-order valence-electron chi connectivity index (χ0n) is 20.6. The highest BCUT2D eigenvalue weighted by Gasteiger charge is 2.21. The van der Waals surface area contributed by atoms with Crippen LogP contribution >= 0.6 is 11.3 Å². The van der Waals surface area contributed by atoms with Crippen molar-refractivity contribution in [2.45, 2.75) is 58.9 Å². The van der Waals surface area contributed by atoms with Gasteiger partial charge in [0.15, 0.2) is 11.5 Å². The van der Waals surface area contributed by atoms with Gasteiger partial charge in [-0.15, -0.1) is 11.3 Å². The van der Waals surface area contributed by atoms with E-state index < -0.39 is 0 Å². The minimum Gasteiger partial charge on any atom is -0.493 e. The Morgan fingerprint density at radius 1 is 1.12 bits per heavy atom. The fourth-order valence-corrected chi connectivity index (χ4v) is 5.46. The van der Waals surface area contributed by atoms with Crippen LogP contribution in [0.4, 0.5) is 0 Å². The van der Waals surface area contributed by atoms with E-state index in [9.17, 15) is 4.79 Å². The van der Waals surface area contributed by atoms with Gasteiger partial charge in [0.2, 0.25) is 0 Å². The molecule has 6 nitrogen and oxygen atoms in total. The number of rotatable bonds is 9. The number of nitrogens with zero attached hydrogens (tertiary/aromatic N) is 2. The molecule has 182 valence electrons. The van der Waals surface area contributed by atoms with Crippen molar-refractivity contribution in [1.82, 2.24) is 14.9 Å². The third-order valence-corrected chi connectivity index (χ3v) is 7.61. The SMILES string of the molecule is COc1ccc(CCn2c(-c3csc(C)n3)cc(C(=O)NCC3CCCCC3)c2C)cc1OC. The van der Waals surface area contributed by atoms with Gasteiger partial charge in [0.25, 0.3) is 5.91 Å². The fourth-order valence-electron chi connectivity index (χ4n) is 4.86. The molecule has 0 bridgehead atoms. The van der Waals surface area contributed by atoms with E-state index in [0.717, 1.165) is 64.2 Å². The molecule has 2 heterocycles. The molecule has 0 atom stereocenters. The van der Waals surface area contributed by atoms with Gasteiger partial charge < -0.3 is 19.4 Å². The van der Waals surface area contributed by atoms with Crippen molar-refractivity contribution in [2.24, 2.45) is 5.92 Å². The van der Waals surface area contributed by atoms with Crippen molar-refractivity contribution < 1.29 is 14.3 Å². The van der Waals surface area contributed by atoms with E-state index in [1.165, 1.54) is 32.1 Å². The first-order valence-corrected chi connectivity index (χ1v) is 13.0. The lowest BCUT2D eigenvalue weighted by Crippen LogP contribution is -2.30. The Morgan fingerprint density at radius 3 is 2.56 bits per heavy atom. The zero-order valence-corrected chi connectivity index (χ0v) is 21.5. The Bertz CT molecular complexity index is 1130. The molecule has 0 saturated heterocycles. The van der Waals surface area contributed by atoms with Gasteiger partial charge in [-0.25, -0.2) is 4.98 Å². The summed E-state index contributed by atoms with van der Waals surface area (Å²) in [5.41, 5.74) is 4.77. The van der Waals surface area contributed by atoms with Crippen LogP contribution in [0.25, 0.3) is 11.4 Å². The highest BCUT2D eigenvalue weighted by molar-refractivity contribution is 7.09. The summed E-state index contributed by atoms with van der Waals surface area (Å²) >= 11 is 1.63. The molecule has 7 heteroatoms. The molecule has 0 spiro atoms. The first kappa shape index (κ1) is 24.3. The lowest BCUT2D eigenvalue weighted by Gasteiger charge is -2.21. The van der Waals surface area contributed by atoms with Crippen molar-refractivity contribution in [2.75, 3.05) is 20.8 Å². The topological polar surface area (TPSA) is 65.4 Å². The molecule has 0 radical (unpaired) electrons. The number of nitrogens with one attached hydrogen (secondary N) is 1. The number of hydrogen-bond acceptors (Lipinski definition) is 5. The predicted molar refractivity (Wildman–Crippen MR) is 137 cm³/mol. The van der Waals surface area contributed by atoms with E-state index in [0.29, 0.717) is 5.92 Å². The van der Waals surface area contributed by atoms with Crippen LogP contribution in [0.2, 0.25) is 0 Å². The summed E-state index contributed by atoms with van der Waals surface area (Å²) in [4.78, 5) is 17.9. The maximum Gasteiger partial charge on any atom is 0.253 e. The van der Waals surface area contributed by atoms with Crippen molar-refractivity contribution in [3.8, 4) is 22.9 Å². The highest BCUT2D eigenvalue weighted by atomic mass is 32.1. The minimum atomic E-state index is 0.0149. The Kier molecular flexibility index (Phi) is 7.93. The number of benzene rings is 1.